The van der Waals surface area contributed by atoms with Gasteiger partial charge in [0.2, 0.25) is 0 Å². The van der Waals surface area contributed by atoms with Crippen LogP contribution < -0.4 is 5.32 Å². The fraction of sp³-hybridized carbons (Fsp3) is 1.00. The Kier molecular flexibility index (Phi) is 8.70. The van der Waals surface area contributed by atoms with E-state index in [2.05, 4.69) is 31.0 Å². The van der Waals surface area contributed by atoms with Crippen molar-refractivity contribution in [1.29, 1.82) is 0 Å². The summed E-state index contributed by atoms with van der Waals surface area (Å²) in [4.78, 5) is 2.78. The molecule has 0 radical (unpaired) electrons. The van der Waals surface area contributed by atoms with Crippen molar-refractivity contribution in [3.8, 4) is 0 Å². The fourth-order valence-electron chi connectivity index (χ4n) is 3.13. The summed E-state index contributed by atoms with van der Waals surface area (Å²) in [6.07, 6.45) is 9.56. The van der Waals surface area contributed by atoms with E-state index in [1.165, 1.54) is 71.1 Å². The van der Waals surface area contributed by atoms with Crippen LogP contribution >= 0.6 is 0 Å². The molecule has 0 aliphatic carbocycles. The van der Waals surface area contributed by atoms with E-state index in [1.807, 2.05) is 0 Å². The minimum absolute atomic E-state index is 0.867. The first-order valence-corrected chi connectivity index (χ1v) is 8.26. The lowest BCUT2D eigenvalue weighted by atomic mass is 10.0. The number of nitrogens with one attached hydrogen (secondary N) is 1. The van der Waals surface area contributed by atoms with Crippen molar-refractivity contribution < 1.29 is 0 Å². The largest absolute Gasteiger partial charge is 0.316 e. The zero-order valence-electron chi connectivity index (χ0n) is 12.9. The van der Waals surface area contributed by atoms with Crippen molar-refractivity contribution in [1.82, 2.24) is 10.2 Å². The van der Waals surface area contributed by atoms with Gasteiger partial charge in [-0.15, -0.1) is 0 Å². The van der Waals surface area contributed by atoms with Crippen LogP contribution in [0.15, 0.2) is 0 Å². The molecule has 0 aromatic carbocycles. The van der Waals surface area contributed by atoms with E-state index in [4.69, 9.17) is 0 Å². The smallest absolute Gasteiger partial charge is 0.00952 e. The van der Waals surface area contributed by atoms with Crippen molar-refractivity contribution in [2.75, 3.05) is 26.2 Å². The number of likely N-dealkylation sites (tertiary alicyclic amines) is 1. The highest BCUT2D eigenvalue weighted by Gasteiger charge is 2.26. The molecule has 2 unspecified atom stereocenters. The Labute approximate surface area is 115 Å². The molecule has 1 fully saturated rings. The number of nitrogens with zero attached hydrogens (tertiary/aromatic N) is 1. The molecule has 108 valence electrons. The minimum atomic E-state index is 0.867. The van der Waals surface area contributed by atoms with Crippen LogP contribution in [0.5, 0.6) is 0 Å². The average molecular weight is 254 g/mol. The SMILES string of the molecule is CCCCC(CCC)N1CCC(CNCCC)C1. The summed E-state index contributed by atoms with van der Waals surface area (Å²) in [5, 5.41) is 3.58. The zero-order valence-corrected chi connectivity index (χ0v) is 12.9. The van der Waals surface area contributed by atoms with Crippen LogP contribution in [0.2, 0.25) is 0 Å². The molecule has 1 rings (SSSR count). The van der Waals surface area contributed by atoms with Gasteiger partial charge in [-0.3, -0.25) is 0 Å². The van der Waals surface area contributed by atoms with Gasteiger partial charge in [0.05, 0.1) is 0 Å². The normalized spacial score (nSPS) is 22.5. The molecule has 1 heterocycles. The molecule has 0 spiro atoms. The molecule has 2 atom stereocenters. The van der Waals surface area contributed by atoms with E-state index in [9.17, 15) is 0 Å². The van der Waals surface area contributed by atoms with Crippen molar-refractivity contribution in [2.24, 2.45) is 5.92 Å². The molecule has 1 N–H and O–H groups in total. The number of unbranched alkanes of at least 4 members (excludes halogenated alkanes) is 1. The first kappa shape index (κ1) is 16.0. The first-order chi connectivity index (χ1) is 8.81. The molecule has 0 amide bonds. The molecule has 2 nitrogen and oxygen atoms in total. The van der Waals surface area contributed by atoms with Crippen LogP contribution in [0, 0.1) is 5.92 Å². The Hall–Kier alpha value is -0.0800. The van der Waals surface area contributed by atoms with Gasteiger partial charge in [0, 0.05) is 12.6 Å². The highest BCUT2D eigenvalue weighted by molar-refractivity contribution is 4.82. The molecule has 18 heavy (non-hydrogen) atoms. The minimum Gasteiger partial charge on any atom is -0.316 e. The van der Waals surface area contributed by atoms with Gasteiger partial charge in [-0.1, -0.05) is 40.0 Å². The molecule has 0 bridgehead atoms. The lowest BCUT2D eigenvalue weighted by molar-refractivity contribution is 0.206. The van der Waals surface area contributed by atoms with Gasteiger partial charge in [-0.25, -0.2) is 0 Å². The Balaban J connectivity index is 2.27. The molecule has 0 aromatic heterocycles. The third-order valence-corrected chi connectivity index (χ3v) is 4.21. The predicted octanol–water partition coefficient (Wildman–Crippen LogP) is 3.67. The van der Waals surface area contributed by atoms with Crippen molar-refractivity contribution in [3.05, 3.63) is 0 Å². The van der Waals surface area contributed by atoms with Crippen LogP contribution in [-0.4, -0.2) is 37.1 Å². The second-order valence-corrected chi connectivity index (χ2v) is 5.94. The van der Waals surface area contributed by atoms with Gasteiger partial charge in [-0.05, 0) is 51.2 Å². The zero-order chi connectivity index (χ0) is 13.2. The standard InChI is InChI=1S/C16H34N2/c1-4-7-9-16(8-5-2)18-12-10-15(14-18)13-17-11-6-3/h15-17H,4-14H2,1-3H3. The summed E-state index contributed by atoms with van der Waals surface area (Å²) in [6, 6.07) is 0.867. The van der Waals surface area contributed by atoms with Gasteiger partial charge in [-0.2, -0.15) is 0 Å². The molecule has 1 aliphatic rings. The maximum Gasteiger partial charge on any atom is 0.00952 e. The number of hydrogen-bond donors (Lipinski definition) is 1. The quantitative estimate of drug-likeness (QED) is 0.598. The summed E-state index contributed by atoms with van der Waals surface area (Å²) < 4.78 is 0. The van der Waals surface area contributed by atoms with E-state index in [1.54, 1.807) is 0 Å². The van der Waals surface area contributed by atoms with Crippen LogP contribution in [0.3, 0.4) is 0 Å². The van der Waals surface area contributed by atoms with Crippen LogP contribution in [0.4, 0.5) is 0 Å². The first-order valence-electron chi connectivity index (χ1n) is 8.26. The Morgan fingerprint density at radius 3 is 2.61 bits per heavy atom. The maximum atomic E-state index is 3.58. The summed E-state index contributed by atoms with van der Waals surface area (Å²) >= 11 is 0. The van der Waals surface area contributed by atoms with E-state index >= 15 is 0 Å². The Morgan fingerprint density at radius 2 is 1.94 bits per heavy atom. The van der Waals surface area contributed by atoms with Gasteiger partial charge >= 0.3 is 0 Å². The lowest BCUT2D eigenvalue weighted by Crippen LogP contribution is -2.34. The highest BCUT2D eigenvalue weighted by Crippen LogP contribution is 2.23. The second-order valence-electron chi connectivity index (χ2n) is 5.94. The van der Waals surface area contributed by atoms with Crippen molar-refractivity contribution >= 4 is 0 Å². The maximum absolute atomic E-state index is 3.58. The van der Waals surface area contributed by atoms with E-state index in [0.717, 1.165) is 12.0 Å². The second kappa shape index (κ2) is 9.80. The third kappa shape index (κ3) is 5.71. The lowest BCUT2D eigenvalue weighted by Gasteiger charge is -2.27. The third-order valence-electron chi connectivity index (χ3n) is 4.21. The summed E-state index contributed by atoms with van der Waals surface area (Å²) in [7, 11) is 0. The summed E-state index contributed by atoms with van der Waals surface area (Å²) in [5.41, 5.74) is 0. The van der Waals surface area contributed by atoms with Crippen LogP contribution in [-0.2, 0) is 0 Å². The fourth-order valence-corrected chi connectivity index (χ4v) is 3.13. The van der Waals surface area contributed by atoms with Gasteiger partial charge < -0.3 is 10.2 Å². The summed E-state index contributed by atoms with van der Waals surface area (Å²) in [5.74, 6) is 0.900. The molecular weight excluding hydrogens is 220 g/mol. The van der Waals surface area contributed by atoms with Gasteiger partial charge in [0.25, 0.3) is 0 Å². The average Bonchev–Trinajstić information content (AvgIpc) is 2.83. The van der Waals surface area contributed by atoms with Crippen molar-refractivity contribution in [3.63, 3.8) is 0 Å². The molecule has 1 aliphatic heterocycles. The van der Waals surface area contributed by atoms with E-state index in [-0.39, 0.29) is 0 Å². The van der Waals surface area contributed by atoms with Crippen molar-refractivity contribution in [2.45, 2.75) is 71.8 Å². The number of hydrogen-bond acceptors (Lipinski definition) is 2. The Morgan fingerprint density at radius 1 is 1.11 bits per heavy atom. The topological polar surface area (TPSA) is 15.3 Å². The van der Waals surface area contributed by atoms with Gasteiger partial charge in [0.1, 0.15) is 0 Å². The highest BCUT2D eigenvalue weighted by atomic mass is 15.2. The molecule has 1 saturated heterocycles. The monoisotopic (exact) mass is 254 g/mol. The Bertz CT molecular complexity index is 194. The molecular formula is C16H34N2. The molecule has 0 saturated carbocycles. The van der Waals surface area contributed by atoms with E-state index < -0.39 is 0 Å². The predicted molar refractivity (Wildman–Crippen MR) is 81.1 cm³/mol. The molecule has 2 heteroatoms. The van der Waals surface area contributed by atoms with Crippen LogP contribution in [0.25, 0.3) is 0 Å². The van der Waals surface area contributed by atoms with E-state index in [0.29, 0.717) is 0 Å². The number of rotatable bonds is 10. The van der Waals surface area contributed by atoms with Crippen LogP contribution in [0.1, 0.15) is 65.7 Å². The van der Waals surface area contributed by atoms with Gasteiger partial charge in [0.15, 0.2) is 0 Å². The summed E-state index contributed by atoms with van der Waals surface area (Å²) in [6.45, 7) is 12.0. The molecule has 0 aromatic rings.